The largest absolute Gasteiger partial charge is 0.498 e. The van der Waals surface area contributed by atoms with Crippen LogP contribution in [0.25, 0.3) is 0 Å². The zero-order chi connectivity index (χ0) is 14.8. The van der Waals surface area contributed by atoms with E-state index in [1.165, 1.54) is 27.7 Å². The van der Waals surface area contributed by atoms with Gasteiger partial charge in [0.25, 0.3) is 9.84 Å². The predicted molar refractivity (Wildman–Crippen MR) is 59.9 cm³/mol. The van der Waals surface area contributed by atoms with Crippen LogP contribution < -0.4 is 0 Å². The Morgan fingerprint density at radius 1 is 1.06 bits per heavy atom. The first-order chi connectivity index (χ1) is 7.79. The third-order valence-corrected chi connectivity index (χ3v) is 6.24. The van der Waals surface area contributed by atoms with Crippen molar-refractivity contribution < 1.29 is 35.2 Å². The van der Waals surface area contributed by atoms with Gasteiger partial charge in [-0.1, -0.05) is 0 Å². The van der Waals surface area contributed by atoms with Crippen LogP contribution in [0.15, 0.2) is 0 Å². The molecule has 0 fully saturated rings. The summed E-state index contributed by atoms with van der Waals surface area (Å²) in [7, 11) is -9.92. The van der Waals surface area contributed by atoms with Gasteiger partial charge in [-0.15, -0.1) is 0 Å². The van der Waals surface area contributed by atoms with Crippen LogP contribution in [0.2, 0.25) is 0 Å². The summed E-state index contributed by atoms with van der Waals surface area (Å²) in [5.41, 5.74) is -7.19. The highest BCUT2D eigenvalue weighted by atomic mass is 32.2. The van der Waals surface area contributed by atoms with Gasteiger partial charge in [0.2, 0.25) is 0 Å². The Morgan fingerprint density at radius 2 is 1.39 bits per heavy atom. The molecule has 0 amide bonds. The molecule has 0 aromatic carbocycles. The molecule has 0 bridgehead atoms. The van der Waals surface area contributed by atoms with Crippen LogP contribution in [-0.4, -0.2) is 31.6 Å². The number of sulfone groups is 1. The van der Waals surface area contributed by atoms with Crippen LogP contribution in [0.5, 0.6) is 0 Å². The Bertz CT molecular complexity index is 401. The minimum atomic E-state index is -5.56. The van der Waals surface area contributed by atoms with E-state index in [0.29, 0.717) is 0 Å². The Hall–Kier alpha value is -0.110. The van der Waals surface area contributed by atoms with Gasteiger partial charge >= 0.3 is 13.1 Å². The number of hydrogen-bond acceptors (Lipinski definition) is 5. The maximum absolute atomic E-state index is 12.2. The second-order valence-electron chi connectivity index (χ2n) is 4.11. The molecule has 0 atom stereocenters. The van der Waals surface area contributed by atoms with Gasteiger partial charge in [-0.3, -0.25) is 4.57 Å². The summed E-state index contributed by atoms with van der Waals surface area (Å²) in [6.07, 6.45) is -1.45. The van der Waals surface area contributed by atoms with Gasteiger partial charge in [-0.2, -0.15) is 13.2 Å². The average molecular weight is 312 g/mol. The van der Waals surface area contributed by atoms with Crippen LogP contribution in [0.4, 0.5) is 13.2 Å². The van der Waals surface area contributed by atoms with Crippen molar-refractivity contribution in [2.24, 2.45) is 0 Å². The topological polar surface area (TPSA) is 69.7 Å². The number of alkyl halides is 3. The molecule has 0 aliphatic rings. The van der Waals surface area contributed by atoms with Gasteiger partial charge in [0.1, 0.15) is 0 Å². The molecule has 110 valence electrons. The standard InChI is InChI=1S/C8H16F3O5PS/c1-6(2)15-17(12,16-7(3)4)5-18(13,14)8(9,10)11/h6-7H,5H2,1-4H3. The molecule has 0 rings (SSSR count). The molecule has 0 aliphatic carbocycles. The van der Waals surface area contributed by atoms with Gasteiger partial charge in [-0.25, -0.2) is 8.42 Å². The fourth-order valence-corrected chi connectivity index (χ4v) is 5.08. The van der Waals surface area contributed by atoms with Crippen LogP contribution in [0.3, 0.4) is 0 Å². The Morgan fingerprint density at radius 3 is 1.61 bits per heavy atom. The van der Waals surface area contributed by atoms with Gasteiger partial charge in [0, 0.05) is 0 Å². The van der Waals surface area contributed by atoms with E-state index in [1.54, 1.807) is 0 Å². The smallest absolute Gasteiger partial charge is 0.305 e. The second-order valence-corrected chi connectivity index (χ2v) is 8.48. The molecule has 0 N–H and O–H groups in total. The van der Waals surface area contributed by atoms with E-state index in [4.69, 9.17) is 9.05 Å². The lowest BCUT2D eigenvalue weighted by Gasteiger charge is -2.22. The number of hydrogen-bond donors (Lipinski definition) is 0. The molecule has 0 aliphatic heterocycles. The molecule has 0 radical (unpaired) electrons. The highest BCUT2D eigenvalue weighted by Gasteiger charge is 2.50. The van der Waals surface area contributed by atoms with Crippen molar-refractivity contribution in [1.29, 1.82) is 0 Å². The molecular weight excluding hydrogens is 296 g/mol. The van der Waals surface area contributed by atoms with E-state index in [1.807, 2.05) is 0 Å². The fraction of sp³-hybridized carbons (Fsp3) is 1.00. The van der Waals surface area contributed by atoms with Gasteiger partial charge in [0.05, 0.1) is 12.2 Å². The molecule has 10 heteroatoms. The van der Waals surface area contributed by atoms with Gasteiger partial charge < -0.3 is 9.05 Å². The molecule has 0 aromatic rings. The van der Waals surface area contributed by atoms with Crippen molar-refractivity contribution >= 4 is 17.4 Å². The number of halogens is 3. The second kappa shape index (κ2) is 5.90. The van der Waals surface area contributed by atoms with Crippen molar-refractivity contribution in [1.82, 2.24) is 0 Å². The van der Waals surface area contributed by atoms with E-state index in [9.17, 15) is 26.2 Å². The van der Waals surface area contributed by atoms with E-state index in [-0.39, 0.29) is 0 Å². The van der Waals surface area contributed by atoms with Crippen molar-refractivity contribution in [2.75, 3.05) is 5.49 Å². The summed E-state index contributed by atoms with van der Waals surface area (Å²) in [6, 6.07) is 0. The van der Waals surface area contributed by atoms with Crippen molar-refractivity contribution in [3.05, 3.63) is 0 Å². The molecule has 0 saturated heterocycles. The Labute approximate surface area is 104 Å². The average Bonchev–Trinajstić information content (AvgIpc) is 1.94. The summed E-state index contributed by atoms with van der Waals surface area (Å²) in [4.78, 5) is 0. The Kier molecular flexibility index (Phi) is 5.86. The first-order valence-electron chi connectivity index (χ1n) is 5.04. The van der Waals surface area contributed by atoms with E-state index < -0.39 is 40.6 Å². The summed E-state index contributed by atoms with van der Waals surface area (Å²) in [5.74, 6) is 0. The summed E-state index contributed by atoms with van der Waals surface area (Å²) in [6.45, 7) is 5.65. The minimum Gasteiger partial charge on any atom is -0.305 e. The molecule has 0 spiro atoms. The molecule has 0 heterocycles. The molecule has 5 nitrogen and oxygen atoms in total. The monoisotopic (exact) mass is 312 g/mol. The van der Waals surface area contributed by atoms with Crippen molar-refractivity contribution in [2.45, 2.75) is 45.4 Å². The third kappa shape index (κ3) is 5.69. The molecule has 0 unspecified atom stereocenters. The third-order valence-electron chi connectivity index (χ3n) is 1.42. The molecular formula is C8H16F3O5PS. The Balaban J connectivity index is 5.21. The maximum atomic E-state index is 12.2. The van der Waals surface area contributed by atoms with E-state index in [2.05, 4.69) is 0 Å². The zero-order valence-electron chi connectivity index (χ0n) is 10.4. The highest BCUT2D eigenvalue weighted by molar-refractivity contribution is 7.98. The zero-order valence-corrected chi connectivity index (χ0v) is 12.1. The van der Waals surface area contributed by atoms with Crippen LogP contribution >= 0.6 is 7.60 Å². The van der Waals surface area contributed by atoms with E-state index in [0.717, 1.165) is 0 Å². The van der Waals surface area contributed by atoms with Crippen LogP contribution in [-0.2, 0) is 23.4 Å². The molecule has 0 saturated carbocycles. The summed E-state index contributed by atoms with van der Waals surface area (Å²) >= 11 is 0. The predicted octanol–water partition coefficient (Wildman–Crippen LogP) is 2.92. The van der Waals surface area contributed by atoms with Gasteiger partial charge in [-0.05, 0) is 27.7 Å². The molecule has 18 heavy (non-hydrogen) atoms. The van der Waals surface area contributed by atoms with Crippen molar-refractivity contribution in [3.8, 4) is 0 Å². The SMILES string of the molecule is CC(C)OP(=O)(CS(=O)(=O)C(F)(F)F)OC(C)C. The van der Waals surface area contributed by atoms with E-state index >= 15 is 0 Å². The number of rotatable bonds is 6. The first-order valence-corrected chi connectivity index (χ1v) is 8.42. The fourth-order valence-electron chi connectivity index (χ4n) is 1.01. The minimum absolute atomic E-state index is 0.724. The lowest BCUT2D eigenvalue weighted by atomic mass is 10.5. The van der Waals surface area contributed by atoms with Crippen LogP contribution in [0.1, 0.15) is 27.7 Å². The normalized spacial score (nSPS) is 14.5. The maximum Gasteiger partial charge on any atom is 0.498 e. The summed E-state index contributed by atoms with van der Waals surface area (Å²) in [5, 5.41) is 0. The molecule has 0 aromatic heterocycles. The van der Waals surface area contributed by atoms with Crippen LogP contribution in [0, 0.1) is 0 Å². The lowest BCUT2D eigenvalue weighted by molar-refractivity contribution is -0.0433. The lowest BCUT2D eigenvalue weighted by Crippen LogP contribution is -2.27. The first kappa shape index (κ1) is 17.9. The van der Waals surface area contributed by atoms with Gasteiger partial charge in [0.15, 0.2) is 5.49 Å². The quantitative estimate of drug-likeness (QED) is 0.705. The highest BCUT2D eigenvalue weighted by Crippen LogP contribution is 2.53. The van der Waals surface area contributed by atoms with Crippen molar-refractivity contribution in [3.63, 3.8) is 0 Å². The summed E-state index contributed by atoms with van der Waals surface area (Å²) < 4.78 is 80.0.